The summed E-state index contributed by atoms with van der Waals surface area (Å²) in [6.07, 6.45) is 3.08. The van der Waals surface area contributed by atoms with Crippen LogP contribution in [0.5, 0.6) is 0 Å². The van der Waals surface area contributed by atoms with Crippen molar-refractivity contribution >= 4 is 16.9 Å². The van der Waals surface area contributed by atoms with Crippen LogP contribution >= 0.6 is 0 Å². The standard InChI is InChI=1S/C22H35N5O/c1-14(2)27-20-18(10-24-27)9-19(17(5)25-20)21(28)23-13-22(6,7)26-11-15(3)8-16(4)12-26/h9-10,14-16H,8,11-13H2,1-7H3,(H,23,28). The molecule has 1 fully saturated rings. The minimum atomic E-state index is -0.0768. The van der Waals surface area contributed by atoms with Crippen LogP contribution in [0.4, 0.5) is 0 Å². The van der Waals surface area contributed by atoms with Crippen molar-refractivity contribution in [2.24, 2.45) is 11.8 Å². The number of carbonyl (C=O) groups is 1. The molecule has 6 heteroatoms. The predicted molar refractivity (Wildman–Crippen MR) is 114 cm³/mol. The number of amides is 1. The van der Waals surface area contributed by atoms with Crippen LogP contribution in [0, 0.1) is 18.8 Å². The zero-order valence-corrected chi connectivity index (χ0v) is 18.4. The van der Waals surface area contributed by atoms with Crippen LogP contribution in [-0.2, 0) is 0 Å². The Hall–Kier alpha value is -1.95. The molecule has 1 N–H and O–H groups in total. The van der Waals surface area contributed by atoms with Crippen molar-refractivity contribution in [3.8, 4) is 0 Å². The van der Waals surface area contributed by atoms with E-state index in [2.05, 4.69) is 61.8 Å². The maximum Gasteiger partial charge on any atom is 0.253 e. The smallest absolute Gasteiger partial charge is 0.253 e. The summed E-state index contributed by atoms with van der Waals surface area (Å²) in [5, 5.41) is 8.47. The van der Waals surface area contributed by atoms with Gasteiger partial charge in [-0.15, -0.1) is 0 Å². The monoisotopic (exact) mass is 385 g/mol. The molecule has 28 heavy (non-hydrogen) atoms. The van der Waals surface area contributed by atoms with Gasteiger partial charge in [-0.05, 0) is 58.9 Å². The van der Waals surface area contributed by atoms with Crippen LogP contribution in [0.15, 0.2) is 12.3 Å². The van der Waals surface area contributed by atoms with E-state index in [9.17, 15) is 4.79 Å². The molecule has 1 aliphatic rings. The molecule has 2 aromatic heterocycles. The topological polar surface area (TPSA) is 63.1 Å². The Morgan fingerprint density at radius 2 is 1.93 bits per heavy atom. The highest BCUT2D eigenvalue weighted by atomic mass is 16.1. The molecule has 0 spiro atoms. The molecule has 2 aromatic rings. The van der Waals surface area contributed by atoms with Crippen LogP contribution in [0.25, 0.3) is 11.0 Å². The van der Waals surface area contributed by atoms with Gasteiger partial charge >= 0.3 is 0 Å². The van der Waals surface area contributed by atoms with E-state index in [0.717, 1.165) is 29.8 Å². The fourth-order valence-corrected chi connectivity index (χ4v) is 4.33. The van der Waals surface area contributed by atoms with E-state index in [-0.39, 0.29) is 17.5 Å². The van der Waals surface area contributed by atoms with Crippen molar-refractivity contribution in [1.82, 2.24) is 25.0 Å². The summed E-state index contributed by atoms with van der Waals surface area (Å²) < 4.78 is 1.89. The van der Waals surface area contributed by atoms with Crippen LogP contribution < -0.4 is 5.32 Å². The second-order valence-corrected chi connectivity index (χ2v) is 9.56. The number of piperidine rings is 1. The number of pyridine rings is 1. The van der Waals surface area contributed by atoms with Crippen molar-refractivity contribution in [3.05, 3.63) is 23.5 Å². The number of nitrogens with zero attached hydrogens (tertiary/aromatic N) is 4. The van der Waals surface area contributed by atoms with Crippen LogP contribution in [0.2, 0.25) is 0 Å². The number of hydrogen-bond acceptors (Lipinski definition) is 4. The van der Waals surface area contributed by atoms with E-state index in [1.165, 1.54) is 6.42 Å². The number of carbonyl (C=O) groups excluding carboxylic acids is 1. The Morgan fingerprint density at radius 1 is 1.29 bits per heavy atom. The normalized spacial score (nSPS) is 21.4. The first-order chi connectivity index (χ1) is 13.1. The highest BCUT2D eigenvalue weighted by molar-refractivity contribution is 5.98. The summed E-state index contributed by atoms with van der Waals surface area (Å²) in [5.41, 5.74) is 2.13. The third kappa shape index (κ3) is 4.22. The van der Waals surface area contributed by atoms with Gasteiger partial charge < -0.3 is 5.32 Å². The lowest BCUT2D eigenvalue weighted by Gasteiger charge is -2.45. The van der Waals surface area contributed by atoms with E-state index in [1.54, 1.807) is 6.20 Å². The van der Waals surface area contributed by atoms with E-state index in [1.807, 2.05) is 17.7 Å². The Balaban J connectivity index is 1.73. The molecule has 154 valence electrons. The number of rotatable bonds is 5. The second-order valence-electron chi connectivity index (χ2n) is 9.56. The van der Waals surface area contributed by atoms with E-state index < -0.39 is 0 Å². The van der Waals surface area contributed by atoms with Gasteiger partial charge in [0.25, 0.3) is 5.91 Å². The third-order valence-electron chi connectivity index (χ3n) is 5.90. The molecule has 3 heterocycles. The highest BCUT2D eigenvalue weighted by Crippen LogP contribution is 2.27. The van der Waals surface area contributed by atoms with E-state index >= 15 is 0 Å². The maximum atomic E-state index is 12.9. The molecule has 3 rings (SSSR count). The summed E-state index contributed by atoms with van der Waals surface area (Å²) in [6.45, 7) is 17.9. The fraction of sp³-hybridized carbons (Fsp3) is 0.682. The van der Waals surface area contributed by atoms with Crippen molar-refractivity contribution in [1.29, 1.82) is 0 Å². The van der Waals surface area contributed by atoms with E-state index in [0.29, 0.717) is 23.9 Å². The highest BCUT2D eigenvalue weighted by Gasteiger charge is 2.33. The van der Waals surface area contributed by atoms with Gasteiger partial charge in [0.05, 0.1) is 17.5 Å². The van der Waals surface area contributed by atoms with Gasteiger partial charge in [-0.1, -0.05) is 13.8 Å². The number of aromatic nitrogens is 3. The Morgan fingerprint density at radius 3 is 2.54 bits per heavy atom. The van der Waals surface area contributed by atoms with E-state index in [4.69, 9.17) is 0 Å². The molecule has 1 saturated heterocycles. The van der Waals surface area contributed by atoms with Crippen molar-refractivity contribution in [2.45, 2.75) is 66.5 Å². The lowest BCUT2D eigenvalue weighted by molar-refractivity contribution is 0.0445. The number of nitrogens with one attached hydrogen (secondary N) is 1. The molecule has 2 unspecified atom stereocenters. The largest absolute Gasteiger partial charge is 0.350 e. The number of likely N-dealkylation sites (tertiary alicyclic amines) is 1. The second kappa shape index (κ2) is 7.82. The van der Waals surface area contributed by atoms with Gasteiger partial charge in [0.2, 0.25) is 0 Å². The molecule has 6 nitrogen and oxygen atoms in total. The molecular formula is C22H35N5O. The average Bonchev–Trinajstić information content (AvgIpc) is 3.01. The molecular weight excluding hydrogens is 350 g/mol. The minimum Gasteiger partial charge on any atom is -0.350 e. The summed E-state index contributed by atoms with van der Waals surface area (Å²) in [6, 6.07) is 2.15. The van der Waals surface area contributed by atoms with Gasteiger partial charge in [0.15, 0.2) is 5.65 Å². The maximum absolute atomic E-state index is 12.9. The van der Waals surface area contributed by atoms with Crippen molar-refractivity contribution in [3.63, 3.8) is 0 Å². The Kier molecular flexibility index (Phi) is 5.80. The van der Waals surface area contributed by atoms with Gasteiger partial charge in [-0.25, -0.2) is 9.67 Å². The van der Waals surface area contributed by atoms with Gasteiger partial charge in [-0.2, -0.15) is 5.10 Å². The van der Waals surface area contributed by atoms with Crippen LogP contribution in [0.1, 0.15) is 70.1 Å². The zero-order valence-electron chi connectivity index (χ0n) is 18.4. The van der Waals surface area contributed by atoms with Crippen molar-refractivity contribution < 1.29 is 4.79 Å². The van der Waals surface area contributed by atoms with Gasteiger partial charge in [0, 0.05) is 36.6 Å². The lowest BCUT2D eigenvalue weighted by atomic mass is 9.88. The molecule has 2 atom stereocenters. The van der Waals surface area contributed by atoms with Gasteiger partial charge in [0.1, 0.15) is 0 Å². The number of hydrogen-bond donors (Lipinski definition) is 1. The minimum absolute atomic E-state index is 0.0598. The lowest BCUT2D eigenvalue weighted by Crippen LogP contribution is -2.56. The summed E-state index contributed by atoms with van der Waals surface area (Å²) in [5.74, 6) is 1.34. The average molecular weight is 386 g/mol. The first kappa shape index (κ1) is 20.8. The quantitative estimate of drug-likeness (QED) is 0.850. The van der Waals surface area contributed by atoms with Crippen LogP contribution in [0.3, 0.4) is 0 Å². The number of aryl methyl sites for hydroxylation is 1. The first-order valence-electron chi connectivity index (χ1n) is 10.5. The summed E-state index contributed by atoms with van der Waals surface area (Å²) >= 11 is 0. The molecule has 1 aliphatic heterocycles. The Bertz CT molecular complexity index is 844. The molecule has 0 saturated carbocycles. The van der Waals surface area contributed by atoms with Gasteiger partial charge in [-0.3, -0.25) is 9.69 Å². The molecule has 0 aliphatic carbocycles. The predicted octanol–water partition coefficient (Wildman–Crippen LogP) is 3.81. The summed E-state index contributed by atoms with van der Waals surface area (Å²) in [7, 11) is 0. The zero-order chi connectivity index (χ0) is 20.6. The molecule has 0 aromatic carbocycles. The number of fused-ring (bicyclic) bond motifs is 1. The molecule has 0 radical (unpaired) electrons. The van der Waals surface area contributed by atoms with Crippen LogP contribution in [-0.4, -0.2) is 50.7 Å². The Labute approximate surface area is 168 Å². The SMILES string of the molecule is Cc1nc2c(cnn2C(C)C)cc1C(=O)NCC(C)(C)N1CC(C)CC(C)C1. The fourth-order valence-electron chi connectivity index (χ4n) is 4.33. The molecule has 1 amide bonds. The first-order valence-corrected chi connectivity index (χ1v) is 10.5. The van der Waals surface area contributed by atoms with Crippen molar-refractivity contribution in [2.75, 3.05) is 19.6 Å². The summed E-state index contributed by atoms with van der Waals surface area (Å²) in [4.78, 5) is 20.1. The molecule has 0 bridgehead atoms. The third-order valence-corrected chi connectivity index (χ3v) is 5.90.